The van der Waals surface area contributed by atoms with E-state index >= 15 is 0 Å². The maximum Gasteiger partial charge on any atom is 0.137 e. The Labute approximate surface area is 205 Å². The molecule has 2 heterocycles. The number of halogens is 1. The lowest BCUT2D eigenvalue weighted by molar-refractivity contribution is -0.140. The number of hydrogen-bond donors (Lipinski definition) is 2. The largest absolute Gasteiger partial charge is 0.492 e. The Morgan fingerprint density at radius 1 is 1.09 bits per heavy atom. The Balaban J connectivity index is 1.31. The first-order chi connectivity index (χ1) is 16.3. The van der Waals surface area contributed by atoms with Crippen LogP contribution in [0.15, 0.2) is 54.6 Å². The van der Waals surface area contributed by atoms with E-state index in [1.54, 1.807) is 24.3 Å². The summed E-state index contributed by atoms with van der Waals surface area (Å²) in [6, 6.07) is 17.0. The number of rotatable bonds is 9. The first kappa shape index (κ1) is 24.5. The quantitative estimate of drug-likeness (QED) is 0.482. The van der Waals surface area contributed by atoms with Gasteiger partial charge in [-0.15, -0.1) is 0 Å². The molecule has 8 heteroatoms. The van der Waals surface area contributed by atoms with Crippen LogP contribution in [-0.2, 0) is 13.1 Å². The number of aromatic nitrogens is 2. The number of likely N-dealkylation sites (tertiary alicyclic amines) is 1. The zero-order valence-corrected chi connectivity index (χ0v) is 20.4. The van der Waals surface area contributed by atoms with Gasteiger partial charge < -0.3 is 19.7 Å². The predicted octanol–water partition coefficient (Wildman–Crippen LogP) is 3.61. The number of aliphatic hydroxyl groups excluding tert-OH is 1. The second-order valence-electron chi connectivity index (χ2n) is 9.01. The van der Waals surface area contributed by atoms with Gasteiger partial charge in [-0.2, -0.15) is 5.10 Å². The van der Waals surface area contributed by atoms with Crippen molar-refractivity contribution in [3.8, 4) is 11.5 Å². The minimum Gasteiger partial charge on any atom is -0.492 e. The van der Waals surface area contributed by atoms with Crippen molar-refractivity contribution in [1.82, 2.24) is 14.7 Å². The molecule has 2 N–H and O–H groups in total. The van der Waals surface area contributed by atoms with Crippen LogP contribution in [-0.4, -0.2) is 62.9 Å². The Kier molecular flexibility index (Phi) is 7.78. The van der Waals surface area contributed by atoms with Gasteiger partial charge in [0.05, 0.1) is 18.3 Å². The van der Waals surface area contributed by atoms with Crippen LogP contribution in [0.3, 0.4) is 0 Å². The van der Waals surface area contributed by atoms with Crippen molar-refractivity contribution in [2.75, 3.05) is 26.3 Å². The zero-order valence-electron chi connectivity index (χ0n) is 19.7. The van der Waals surface area contributed by atoms with Crippen molar-refractivity contribution in [3.63, 3.8) is 0 Å². The summed E-state index contributed by atoms with van der Waals surface area (Å²) in [4.78, 5) is 2.13. The van der Waals surface area contributed by atoms with Gasteiger partial charge in [-0.1, -0.05) is 23.7 Å². The molecule has 1 saturated heterocycles. The van der Waals surface area contributed by atoms with E-state index in [0.29, 0.717) is 50.0 Å². The Bertz CT molecular complexity index is 1090. The molecule has 2 atom stereocenters. The highest BCUT2D eigenvalue weighted by Crippen LogP contribution is 2.26. The average molecular weight is 486 g/mol. The summed E-state index contributed by atoms with van der Waals surface area (Å²) in [5, 5.41) is 26.7. The molecule has 0 bridgehead atoms. The lowest BCUT2D eigenvalue weighted by Gasteiger charge is -2.42. The van der Waals surface area contributed by atoms with E-state index in [2.05, 4.69) is 16.1 Å². The fraction of sp³-hybridized carbons (Fsp3) is 0.423. The van der Waals surface area contributed by atoms with Gasteiger partial charge in [-0.25, -0.2) is 0 Å². The number of nitrogens with zero attached hydrogens (tertiary/aromatic N) is 3. The second-order valence-corrected chi connectivity index (χ2v) is 9.44. The molecule has 1 aliphatic heterocycles. The van der Waals surface area contributed by atoms with Crippen molar-refractivity contribution >= 4 is 11.6 Å². The summed E-state index contributed by atoms with van der Waals surface area (Å²) in [6.07, 6.45) is -0.376. The van der Waals surface area contributed by atoms with E-state index in [9.17, 15) is 10.2 Å². The Morgan fingerprint density at radius 2 is 1.88 bits per heavy atom. The molecule has 2 aromatic carbocycles. The zero-order chi connectivity index (χ0) is 24.1. The van der Waals surface area contributed by atoms with Gasteiger partial charge in [-0.3, -0.25) is 9.58 Å². The Hall–Kier alpha value is -2.58. The number of benzene rings is 2. The molecule has 7 nitrogen and oxygen atoms in total. The van der Waals surface area contributed by atoms with Gasteiger partial charge in [0, 0.05) is 30.4 Å². The summed E-state index contributed by atoms with van der Waals surface area (Å²) in [7, 11) is 0. The SMILES string of the molecule is Cc1cc(C)n(CCOc2cccc(CN3CC[C@H](O)[C@@](O)(COc4ccc(Cl)cc4)C3)c2)n1. The van der Waals surface area contributed by atoms with E-state index in [1.807, 2.05) is 42.8 Å². The van der Waals surface area contributed by atoms with Crippen molar-refractivity contribution in [3.05, 3.63) is 76.6 Å². The van der Waals surface area contributed by atoms with Crippen molar-refractivity contribution in [2.45, 2.75) is 45.1 Å². The van der Waals surface area contributed by atoms with Crippen molar-refractivity contribution < 1.29 is 19.7 Å². The third kappa shape index (κ3) is 6.30. The number of aryl methyl sites for hydroxylation is 2. The molecule has 0 spiro atoms. The molecular weight excluding hydrogens is 454 g/mol. The highest BCUT2D eigenvalue weighted by Gasteiger charge is 2.42. The van der Waals surface area contributed by atoms with Gasteiger partial charge in [-0.05, 0) is 68.3 Å². The first-order valence-corrected chi connectivity index (χ1v) is 11.9. The van der Waals surface area contributed by atoms with Gasteiger partial charge in [0.15, 0.2) is 0 Å². The number of hydrogen-bond acceptors (Lipinski definition) is 6. The molecule has 34 heavy (non-hydrogen) atoms. The number of ether oxygens (including phenoxy) is 2. The molecule has 1 fully saturated rings. The summed E-state index contributed by atoms with van der Waals surface area (Å²) in [5.74, 6) is 1.41. The maximum absolute atomic E-state index is 11.1. The lowest BCUT2D eigenvalue weighted by Crippen LogP contribution is -2.59. The molecule has 0 amide bonds. The smallest absolute Gasteiger partial charge is 0.137 e. The maximum atomic E-state index is 11.1. The molecular formula is C26H32ClN3O4. The van der Waals surface area contributed by atoms with Crippen molar-refractivity contribution in [2.24, 2.45) is 0 Å². The molecule has 182 valence electrons. The summed E-state index contributed by atoms with van der Waals surface area (Å²) in [5.41, 5.74) is 1.85. The number of β-amino-alcohol motifs (C(OH)–C–C–N with tert-alkyl or cyclic N) is 1. The molecule has 3 aromatic rings. The fourth-order valence-electron chi connectivity index (χ4n) is 4.30. The number of piperidine rings is 1. The second kappa shape index (κ2) is 10.8. The van der Waals surface area contributed by atoms with E-state index in [4.69, 9.17) is 21.1 Å². The Morgan fingerprint density at radius 3 is 2.62 bits per heavy atom. The highest BCUT2D eigenvalue weighted by atomic mass is 35.5. The van der Waals surface area contributed by atoms with E-state index < -0.39 is 11.7 Å². The third-order valence-electron chi connectivity index (χ3n) is 6.12. The highest BCUT2D eigenvalue weighted by molar-refractivity contribution is 6.30. The van der Waals surface area contributed by atoms with E-state index in [1.165, 1.54) is 0 Å². The monoisotopic (exact) mass is 485 g/mol. The molecule has 0 unspecified atom stereocenters. The molecule has 4 rings (SSSR count). The predicted molar refractivity (Wildman–Crippen MR) is 131 cm³/mol. The fourth-order valence-corrected chi connectivity index (χ4v) is 4.43. The van der Waals surface area contributed by atoms with Crippen LogP contribution in [0, 0.1) is 13.8 Å². The van der Waals surface area contributed by atoms with Gasteiger partial charge in [0.1, 0.15) is 30.3 Å². The normalized spacial score (nSPS) is 20.9. The minimum absolute atomic E-state index is 0.00175. The van der Waals surface area contributed by atoms with Crippen LogP contribution < -0.4 is 9.47 Å². The summed E-state index contributed by atoms with van der Waals surface area (Å²) >= 11 is 5.92. The molecule has 0 radical (unpaired) electrons. The third-order valence-corrected chi connectivity index (χ3v) is 6.37. The van der Waals surface area contributed by atoms with Gasteiger partial charge >= 0.3 is 0 Å². The number of aliphatic hydroxyl groups is 2. The van der Waals surface area contributed by atoms with Crippen LogP contribution in [0.5, 0.6) is 11.5 Å². The lowest BCUT2D eigenvalue weighted by atomic mass is 9.90. The summed E-state index contributed by atoms with van der Waals surface area (Å²) in [6.45, 7) is 6.89. The molecule has 1 aliphatic rings. The summed E-state index contributed by atoms with van der Waals surface area (Å²) < 4.78 is 13.7. The van der Waals surface area contributed by atoms with E-state index in [0.717, 1.165) is 22.7 Å². The molecule has 0 saturated carbocycles. The topological polar surface area (TPSA) is 80.0 Å². The van der Waals surface area contributed by atoms with Crippen LogP contribution in [0.25, 0.3) is 0 Å². The van der Waals surface area contributed by atoms with Crippen LogP contribution >= 0.6 is 11.6 Å². The molecule has 0 aliphatic carbocycles. The first-order valence-electron chi connectivity index (χ1n) is 11.5. The standard InChI is InChI=1S/C26H32ClN3O4/c1-19-14-20(2)30(28-19)12-13-33-24-5-3-4-21(15-24)16-29-11-10-25(31)26(32,17-29)18-34-23-8-6-22(27)7-9-23/h3-9,14-15,25,31-32H,10-13,16-18H2,1-2H3/t25-,26-/m0/s1. The molecule has 1 aromatic heterocycles. The van der Waals surface area contributed by atoms with Gasteiger partial charge in [0.2, 0.25) is 0 Å². The van der Waals surface area contributed by atoms with E-state index in [-0.39, 0.29) is 6.61 Å². The minimum atomic E-state index is -1.36. The van der Waals surface area contributed by atoms with Crippen LogP contribution in [0.1, 0.15) is 23.4 Å². The average Bonchev–Trinajstić information content (AvgIpc) is 3.13. The van der Waals surface area contributed by atoms with Crippen LogP contribution in [0.2, 0.25) is 5.02 Å². The van der Waals surface area contributed by atoms with Crippen molar-refractivity contribution in [1.29, 1.82) is 0 Å². The van der Waals surface area contributed by atoms with Crippen LogP contribution in [0.4, 0.5) is 0 Å². The van der Waals surface area contributed by atoms with Gasteiger partial charge in [0.25, 0.3) is 0 Å².